The Morgan fingerprint density at radius 3 is 2.71 bits per heavy atom. The molecule has 1 atom stereocenters. The Morgan fingerprint density at radius 1 is 1.29 bits per heavy atom. The zero-order valence-electron chi connectivity index (χ0n) is 12.7. The highest BCUT2D eigenvalue weighted by molar-refractivity contribution is 5.40. The molecular weight excluding hydrogens is 264 g/mol. The minimum absolute atomic E-state index is 0.128. The van der Waals surface area contributed by atoms with E-state index in [9.17, 15) is 10.2 Å². The molecule has 0 saturated carbocycles. The predicted molar refractivity (Wildman–Crippen MR) is 83.0 cm³/mol. The highest BCUT2D eigenvalue weighted by Gasteiger charge is 2.13. The van der Waals surface area contributed by atoms with E-state index in [0.717, 1.165) is 0 Å². The predicted octanol–water partition coefficient (Wildman–Crippen LogP) is 2.75. The summed E-state index contributed by atoms with van der Waals surface area (Å²) in [5.41, 5.74) is 4.37. The highest BCUT2D eigenvalue weighted by Crippen LogP contribution is 2.24. The number of aromatic nitrogens is 1. The summed E-state index contributed by atoms with van der Waals surface area (Å²) in [6.07, 6.45) is 1.61. The van der Waals surface area contributed by atoms with E-state index in [1.165, 1.54) is 11.1 Å². The fourth-order valence-electron chi connectivity index (χ4n) is 2.33. The van der Waals surface area contributed by atoms with Gasteiger partial charge in [-0.2, -0.15) is 0 Å². The van der Waals surface area contributed by atoms with Crippen LogP contribution in [0.4, 0.5) is 0 Å². The summed E-state index contributed by atoms with van der Waals surface area (Å²) in [6, 6.07) is 8.48. The number of rotatable bonds is 5. The molecule has 0 aliphatic rings. The molecule has 2 aromatic rings. The van der Waals surface area contributed by atoms with Gasteiger partial charge in [0.15, 0.2) is 0 Å². The zero-order valence-corrected chi connectivity index (χ0v) is 12.7. The van der Waals surface area contributed by atoms with E-state index in [-0.39, 0.29) is 18.4 Å². The van der Waals surface area contributed by atoms with Gasteiger partial charge in [-0.25, -0.2) is 0 Å². The van der Waals surface area contributed by atoms with Crippen LogP contribution in [0, 0.1) is 13.8 Å². The van der Waals surface area contributed by atoms with Crippen LogP contribution in [0.5, 0.6) is 5.75 Å². The van der Waals surface area contributed by atoms with Gasteiger partial charge in [-0.3, -0.25) is 4.98 Å². The van der Waals surface area contributed by atoms with Gasteiger partial charge >= 0.3 is 0 Å². The summed E-state index contributed by atoms with van der Waals surface area (Å²) in [6.45, 7) is 6.26. The molecule has 21 heavy (non-hydrogen) atoms. The monoisotopic (exact) mass is 286 g/mol. The van der Waals surface area contributed by atoms with Crippen LogP contribution in [0.2, 0.25) is 0 Å². The van der Waals surface area contributed by atoms with Crippen LogP contribution in [-0.4, -0.2) is 15.2 Å². The van der Waals surface area contributed by atoms with E-state index in [1.54, 1.807) is 13.1 Å². The average molecular weight is 286 g/mol. The van der Waals surface area contributed by atoms with Crippen LogP contribution in [0.3, 0.4) is 0 Å². The molecule has 0 radical (unpaired) electrons. The molecule has 0 aliphatic carbocycles. The minimum Gasteiger partial charge on any atom is -0.506 e. The molecule has 0 fully saturated rings. The Kier molecular flexibility index (Phi) is 4.94. The molecule has 1 heterocycles. The standard InChI is InChI=1S/C17H22N2O2/c1-11-5-4-6-14(7-11)12(2)19-9-16-15(10-20)8-18-13(3)17(16)21/h4-8,12,19-21H,9-10H2,1-3H3/t12-/m1/s1. The SMILES string of the molecule is Cc1cccc([C@@H](C)NCc2c(CO)cnc(C)c2O)c1. The van der Waals surface area contributed by atoms with Gasteiger partial charge in [0.05, 0.1) is 12.3 Å². The molecular formula is C17H22N2O2. The summed E-state index contributed by atoms with van der Waals surface area (Å²) >= 11 is 0. The lowest BCUT2D eigenvalue weighted by atomic mass is 10.0. The van der Waals surface area contributed by atoms with Crippen molar-refractivity contribution in [1.82, 2.24) is 10.3 Å². The normalized spacial score (nSPS) is 12.4. The second-order valence-corrected chi connectivity index (χ2v) is 5.37. The van der Waals surface area contributed by atoms with Crippen molar-refractivity contribution in [3.05, 3.63) is 58.4 Å². The smallest absolute Gasteiger partial charge is 0.141 e. The fourth-order valence-corrected chi connectivity index (χ4v) is 2.33. The van der Waals surface area contributed by atoms with Gasteiger partial charge in [0.1, 0.15) is 5.75 Å². The molecule has 3 N–H and O–H groups in total. The quantitative estimate of drug-likeness (QED) is 0.790. The first-order valence-corrected chi connectivity index (χ1v) is 7.10. The van der Waals surface area contributed by atoms with Crippen LogP contribution in [0.25, 0.3) is 0 Å². The number of aliphatic hydroxyl groups is 1. The molecule has 0 aliphatic heterocycles. The van der Waals surface area contributed by atoms with Crippen LogP contribution < -0.4 is 5.32 Å². The number of nitrogens with one attached hydrogen (secondary N) is 1. The fraction of sp³-hybridized carbons (Fsp3) is 0.353. The first-order valence-electron chi connectivity index (χ1n) is 7.10. The molecule has 4 heteroatoms. The number of aliphatic hydroxyl groups excluding tert-OH is 1. The number of hydrogen-bond donors (Lipinski definition) is 3. The third-order valence-electron chi connectivity index (χ3n) is 3.73. The maximum absolute atomic E-state index is 10.1. The van der Waals surface area contributed by atoms with Crippen molar-refractivity contribution in [3.63, 3.8) is 0 Å². The number of benzene rings is 1. The molecule has 4 nitrogen and oxygen atoms in total. The van der Waals surface area contributed by atoms with Gasteiger partial charge in [0.2, 0.25) is 0 Å². The van der Waals surface area contributed by atoms with Crippen molar-refractivity contribution in [2.24, 2.45) is 0 Å². The number of aryl methyl sites for hydroxylation is 2. The summed E-state index contributed by atoms with van der Waals surface area (Å²) < 4.78 is 0. The Bertz CT molecular complexity index is 626. The number of pyridine rings is 1. The average Bonchev–Trinajstić information content (AvgIpc) is 2.48. The Morgan fingerprint density at radius 2 is 2.05 bits per heavy atom. The zero-order chi connectivity index (χ0) is 15.4. The van der Waals surface area contributed by atoms with E-state index in [4.69, 9.17) is 0 Å². The van der Waals surface area contributed by atoms with Crippen LogP contribution in [0.1, 0.15) is 40.9 Å². The largest absolute Gasteiger partial charge is 0.506 e. The number of hydrogen-bond acceptors (Lipinski definition) is 4. The van der Waals surface area contributed by atoms with Crippen molar-refractivity contribution in [1.29, 1.82) is 0 Å². The van der Waals surface area contributed by atoms with Crippen LogP contribution >= 0.6 is 0 Å². The molecule has 1 aromatic carbocycles. The Balaban J connectivity index is 2.14. The summed E-state index contributed by atoms with van der Waals surface area (Å²) in [5.74, 6) is 0.158. The van der Waals surface area contributed by atoms with Crippen molar-refractivity contribution in [2.45, 2.75) is 40.0 Å². The lowest BCUT2D eigenvalue weighted by molar-refractivity contribution is 0.278. The molecule has 0 unspecified atom stereocenters. The van der Waals surface area contributed by atoms with Crippen molar-refractivity contribution >= 4 is 0 Å². The second-order valence-electron chi connectivity index (χ2n) is 5.37. The molecule has 0 amide bonds. The topological polar surface area (TPSA) is 65.4 Å². The summed E-state index contributed by atoms with van der Waals surface area (Å²) in [7, 11) is 0. The van der Waals surface area contributed by atoms with E-state index in [1.807, 2.05) is 6.07 Å². The van der Waals surface area contributed by atoms with Gasteiger partial charge in [-0.1, -0.05) is 29.8 Å². The Hall–Kier alpha value is -1.91. The first-order chi connectivity index (χ1) is 10.0. The van der Waals surface area contributed by atoms with Gasteiger partial charge in [-0.05, 0) is 26.3 Å². The lowest BCUT2D eigenvalue weighted by Gasteiger charge is -2.17. The highest BCUT2D eigenvalue weighted by atomic mass is 16.3. The molecule has 1 aromatic heterocycles. The molecule has 0 spiro atoms. The van der Waals surface area contributed by atoms with Gasteiger partial charge in [0, 0.05) is 29.9 Å². The van der Waals surface area contributed by atoms with Crippen molar-refractivity contribution in [3.8, 4) is 5.75 Å². The third-order valence-corrected chi connectivity index (χ3v) is 3.73. The van der Waals surface area contributed by atoms with Gasteiger partial charge in [-0.15, -0.1) is 0 Å². The summed E-state index contributed by atoms with van der Waals surface area (Å²) in [4.78, 5) is 4.07. The minimum atomic E-state index is -0.128. The van der Waals surface area contributed by atoms with E-state index in [2.05, 4.69) is 42.3 Å². The molecule has 2 rings (SSSR count). The van der Waals surface area contributed by atoms with Crippen LogP contribution in [-0.2, 0) is 13.2 Å². The third kappa shape index (κ3) is 3.60. The molecule has 112 valence electrons. The van der Waals surface area contributed by atoms with Gasteiger partial charge in [0.25, 0.3) is 0 Å². The Labute approximate surface area is 125 Å². The maximum Gasteiger partial charge on any atom is 0.141 e. The van der Waals surface area contributed by atoms with Gasteiger partial charge < -0.3 is 15.5 Å². The molecule has 0 saturated heterocycles. The number of aromatic hydroxyl groups is 1. The molecule has 0 bridgehead atoms. The first kappa shape index (κ1) is 15.5. The lowest BCUT2D eigenvalue weighted by Crippen LogP contribution is -2.19. The van der Waals surface area contributed by atoms with E-state index in [0.29, 0.717) is 23.4 Å². The van der Waals surface area contributed by atoms with E-state index >= 15 is 0 Å². The van der Waals surface area contributed by atoms with Crippen LogP contribution in [0.15, 0.2) is 30.5 Å². The summed E-state index contributed by atoms with van der Waals surface area (Å²) in [5, 5.41) is 22.9. The van der Waals surface area contributed by atoms with Crippen molar-refractivity contribution in [2.75, 3.05) is 0 Å². The van der Waals surface area contributed by atoms with Crippen molar-refractivity contribution < 1.29 is 10.2 Å². The maximum atomic E-state index is 10.1. The number of nitrogens with zero attached hydrogens (tertiary/aromatic N) is 1. The second kappa shape index (κ2) is 6.70. The van der Waals surface area contributed by atoms with E-state index < -0.39 is 0 Å².